The van der Waals surface area contributed by atoms with Gasteiger partial charge in [0.25, 0.3) is 0 Å². The van der Waals surface area contributed by atoms with Gasteiger partial charge in [0.05, 0.1) is 17.1 Å². The molecule has 20 heavy (non-hydrogen) atoms. The summed E-state index contributed by atoms with van der Waals surface area (Å²) in [7, 11) is 0. The molecule has 0 saturated carbocycles. The molecule has 0 spiro atoms. The molecule has 2 nitrogen and oxygen atoms in total. The summed E-state index contributed by atoms with van der Waals surface area (Å²) in [5.74, 6) is 0.830. The highest BCUT2D eigenvalue weighted by atomic mass is 79.9. The molecule has 0 heterocycles. The van der Waals surface area contributed by atoms with Gasteiger partial charge in [-0.15, -0.1) is 0 Å². The van der Waals surface area contributed by atoms with Gasteiger partial charge >= 0.3 is 0 Å². The van der Waals surface area contributed by atoms with Crippen LogP contribution in [0.1, 0.15) is 24.1 Å². The van der Waals surface area contributed by atoms with Crippen LogP contribution < -0.4 is 10.5 Å². The Hall–Kier alpha value is -0.360. The van der Waals surface area contributed by atoms with Gasteiger partial charge in [0.2, 0.25) is 0 Å². The van der Waals surface area contributed by atoms with Crippen LogP contribution in [-0.2, 0) is 0 Å². The van der Waals surface area contributed by atoms with E-state index in [0.717, 1.165) is 30.3 Å². The molecule has 1 unspecified atom stereocenters. The maximum absolute atomic E-state index is 6.37. The first-order valence-corrected chi connectivity index (χ1v) is 8.53. The van der Waals surface area contributed by atoms with Gasteiger partial charge in [0, 0.05) is 8.95 Å². The standard InChI is InChI=1S/C15H14Br3NO/c1-2-20-14-6-3-9(7-13(14)18)15(19)11-8-10(16)4-5-12(11)17/h3-8,15H,2,19H2,1H3. The number of ether oxygens (including phenoxy) is 1. The molecule has 0 radical (unpaired) electrons. The first kappa shape index (κ1) is 16.0. The molecule has 0 fully saturated rings. The van der Waals surface area contributed by atoms with Gasteiger partial charge < -0.3 is 10.5 Å². The average molecular weight is 464 g/mol. The summed E-state index contributed by atoms with van der Waals surface area (Å²) in [6.45, 7) is 2.60. The van der Waals surface area contributed by atoms with E-state index in [0.29, 0.717) is 6.61 Å². The molecule has 0 aliphatic heterocycles. The van der Waals surface area contributed by atoms with Gasteiger partial charge in [-0.05, 0) is 64.3 Å². The van der Waals surface area contributed by atoms with Crippen LogP contribution in [0.15, 0.2) is 49.8 Å². The first-order chi connectivity index (χ1) is 9.52. The Labute approximate surface area is 144 Å². The van der Waals surface area contributed by atoms with E-state index in [4.69, 9.17) is 10.5 Å². The van der Waals surface area contributed by atoms with Gasteiger partial charge in [0.15, 0.2) is 0 Å². The van der Waals surface area contributed by atoms with Crippen LogP contribution in [0.4, 0.5) is 0 Å². The topological polar surface area (TPSA) is 35.2 Å². The molecule has 0 bridgehead atoms. The Morgan fingerprint density at radius 3 is 2.45 bits per heavy atom. The zero-order valence-corrected chi connectivity index (χ0v) is 15.6. The van der Waals surface area contributed by atoms with Crippen molar-refractivity contribution < 1.29 is 4.74 Å². The second-order valence-corrected chi connectivity index (χ2v) is 6.89. The molecule has 2 rings (SSSR count). The molecule has 106 valence electrons. The third-order valence-corrected chi connectivity index (χ3v) is 4.74. The van der Waals surface area contributed by atoms with Gasteiger partial charge in [0.1, 0.15) is 5.75 Å². The summed E-state index contributed by atoms with van der Waals surface area (Å²) < 4.78 is 8.44. The number of benzene rings is 2. The number of rotatable bonds is 4. The van der Waals surface area contributed by atoms with Crippen LogP contribution in [0.5, 0.6) is 5.75 Å². The van der Waals surface area contributed by atoms with Crippen molar-refractivity contribution in [3.63, 3.8) is 0 Å². The van der Waals surface area contributed by atoms with Gasteiger partial charge in [-0.3, -0.25) is 0 Å². The smallest absolute Gasteiger partial charge is 0.133 e. The molecule has 1 atom stereocenters. The van der Waals surface area contributed by atoms with Crippen molar-refractivity contribution in [1.82, 2.24) is 0 Å². The number of hydrogen-bond donors (Lipinski definition) is 1. The second-order valence-electron chi connectivity index (χ2n) is 4.27. The molecule has 2 aromatic rings. The Kier molecular flexibility index (Phi) is 5.66. The van der Waals surface area contributed by atoms with Gasteiger partial charge in [-0.25, -0.2) is 0 Å². The predicted molar refractivity (Wildman–Crippen MR) is 93.2 cm³/mol. The van der Waals surface area contributed by atoms with E-state index in [-0.39, 0.29) is 6.04 Å². The van der Waals surface area contributed by atoms with E-state index in [1.165, 1.54) is 0 Å². The summed E-state index contributed by atoms with van der Waals surface area (Å²) in [5.41, 5.74) is 8.43. The monoisotopic (exact) mass is 461 g/mol. The molecular formula is C15H14Br3NO. The quantitative estimate of drug-likeness (QED) is 0.657. The van der Waals surface area contributed by atoms with Crippen molar-refractivity contribution in [3.8, 4) is 5.75 Å². The molecule has 2 N–H and O–H groups in total. The highest BCUT2D eigenvalue weighted by Crippen LogP contribution is 2.33. The Morgan fingerprint density at radius 2 is 1.80 bits per heavy atom. The zero-order chi connectivity index (χ0) is 14.7. The van der Waals surface area contributed by atoms with E-state index < -0.39 is 0 Å². The van der Waals surface area contributed by atoms with Crippen LogP contribution >= 0.6 is 47.8 Å². The summed E-state index contributed by atoms with van der Waals surface area (Å²) in [6, 6.07) is 11.7. The maximum Gasteiger partial charge on any atom is 0.133 e. The molecule has 0 aliphatic rings. The minimum Gasteiger partial charge on any atom is -0.493 e. The SMILES string of the molecule is CCOc1ccc(C(N)c2cc(Br)ccc2Br)cc1Br. The first-order valence-electron chi connectivity index (χ1n) is 6.15. The van der Waals surface area contributed by atoms with Crippen LogP contribution in [0.2, 0.25) is 0 Å². The molecular weight excluding hydrogens is 450 g/mol. The molecule has 5 heteroatoms. The van der Waals surface area contributed by atoms with E-state index in [9.17, 15) is 0 Å². The fourth-order valence-corrected chi connectivity index (χ4v) is 3.30. The maximum atomic E-state index is 6.37. The number of nitrogens with two attached hydrogens (primary N) is 1. The van der Waals surface area contributed by atoms with Crippen molar-refractivity contribution >= 4 is 47.8 Å². The van der Waals surface area contributed by atoms with Crippen LogP contribution in [-0.4, -0.2) is 6.61 Å². The molecule has 0 aromatic heterocycles. The molecule has 0 amide bonds. The van der Waals surface area contributed by atoms with Crippen molar-refractivity contribution in [2.24, 2.45) is 5.73 Å². The summed E-state index contributed by atoms with van der Waals surface area (Å²) >= 11 is 10.5. The van der Waals surface area contributed by atoms with E-state index >= 15 is 0 Å². The Balaban J connectivity index is 2.35. The second kappa shape index (κ2) is 7.07. The molecule has 2 aromatic carbocycles. The van der Waals surface area contributed by atoms with E-state index in [1.54, 1.807) is 0 Å². The lowest BCUT2D eigenvalue weighted by Gasteiger charge is -2.16. The lowest BCUT2D eigenvalue weighted by Crippen LogP contribution is -2.12. The number of hydrogen-bond acceptors (Lipinski definition) is 2. The van der Waals surface area contributed by atoms with Crippen molar-refractivity contribution in [3.05, 3.63) is 60.9 Å². The molecule has 0 saturated heterocycles. The van der Waals surface area contributed by atoms with E-state index in [2.05, 4.69) is 47.8 Å². The van der Waals surface area contributed by atoms with Crippen molar-refractivity contribution in [2.75, 3.05) is 6.61 Å². The van der Waals surface area contributed by atoms with E-state index in [1.807, 2.05) is 43.3 Å². The third-order valence-electron chi connectivity index (χ3n) is 2.91. The van der Waals surface area contributed by atoms with Crippen LogP contribution in [0.3, 0.4) is 0 Å². The summed E-state index contributed by atoms with van der Waals surface area (Å²) in [5, 5.41) is 0. The Morgan fingerprint density at radius 1 is 1.05 bits per heavy atom. The number of halogens is 3. The van der Waals surface area contributed by atoms with Crippen LogP contribution in [0, 0.1) is 0 Å². The molecule has 0 aliphatic carbocycles. The average Bonchev–Trinajstić information content (AvgIpc) is 2.43. The van der Waals surface area contributed by atoms with Gasteiger partial charge in [-0.2, -0.15) is 0 Å². The normalized spacial score (nSPS) is 12.2. The fraction of sp³-hybridized carbons (Fsp3) is 0.200. The third kappa shape index (κ3) is 3.64. The van der Waals surface area contributed by atoms with Gasteiger partial charge in [-0.1, -0.05) is 37.9 Å². The lowest BCUT2D eigenvalue weighted by molar-refractivity contribution is 0.338. The fourth-order valence-electron chi connectivity index (χ4n) is 1.92. The minimum absolute atomic E-state index is 0.200. The van der Waals surface area contributed by atoms with Crippen molar-refractivity contribution in [2.45, 2.75) is 13.0 Å². The predicted octanol–water partition coefficient (Wildman–Crippen LogP) is 5.42. The zero-order valence-electron chi connectivity index (χ0n) is 10.9. The summed E-state index contributed by atoms with van der Waals surface area (Å²) in [6.07, 6.45) is 0. The summed E-state index contributed by atoms with van der Waals surface area (Å²) in [4.78, 5) is 0. The highest BCUT2D eigenvalue weighted by Gasteiger charge is 2.14. The Bertz CT molecular complexity index is 616. The lowest BCUT2D eigenvalue weighted by atomic mass is 10.00. The van der Waals surface area contributed by atoms with Crippen molar-refractivity contribution in [1.29, 1.82) is 0 Å². The van der Waals surface area contributed by atoms with Crippen LogP contribution in [0.25, 0.3) is 0 Å². The minimum atomic E-state index is -0.200. The largest absolute Gasteiger partial charge is 0.493 e. The highest BCUT2D eigenvalue weighted by molar-refractivity contribution is 9.11.